The van der Waals surface area contributed by atoms with E-state index in [1.165, 1.54) is 58.9 Å². The van der Waals surface area contributed by atoms with Crippen LogP contribution < -0.4 is 14.4 Å². The zero-order valence-corrected chi connectivity index (χ0v) is 24.3. The highest BCUT2D eigenvalue weighted by atomic mass is 35.5. The van der Waals surface area contributed by atoms with Gasteiger partial charge >= 0.3 is 0 Å². The molecule has 1 saturated heterocycles. The van der Waals surface area contributed by atoms with Crippen molar-refractivity contribution in [2.24, 2.45) is 0 Å². The number of ether oxygens (including phenoxy) is 2. The Morgan fingerprint density at radius 2 is 1.60 bits per heavy atom. The summed E-state index contributed by atoms with van der Waals surface area (Å²) in [5.74, 6) is -0.180. The summed E-state index contributed by atoms with van der Waals surface area (Å²) in [6, 6.07) is 18.0. The number of halogens is 2. The van der Waals surface area contributed by atoms with Crippen molar-refractivity contribution >= 4 is 54.8 Å². The standard InChI is InChI=1S/C26H27Cl2N3O7S2/c27-20-6-11-24(28)25(18-20)31(40(35,36)22-4-2-1-3-5-22)19-26(32)29-12-15-38-21-7-9-23(10-8-21)39(33,34)30-13-16-37-17-14-30/h1-11,18H,12-17,19H2,(H,29,32). The first-order chi connectivity index (χ1) is 19.1. The van der Waals surface area contributed by atoms with Crippen LogP contribution >= 0.6 is 23.2 Å². The van der Waals surface area contributed by atoms with E-state index in [0.717, 1.165) is 4.31 Å². The SMILES string of the molecule is O=C(CN(c1cc(Cl)ccc1Cl)S(=O)(=O)c1ccccc1)NCCOc1ccc(S(=O)(=O)N2CCOCC2)cc1. The number of amides is 1. The Morgan fingerprint density at radius 1 is 0.925 bits per heavy atom. The van der Waals surface area contributed by atoms with Gasteiger partial charge in [-0.15, -0.1) is 0 Å². The highest BCUT2D eigenvalue weighted by Crippen LogP contribution is 2.32. The van der Waals surface area contributed by atoms with Crippen molar-refractivity contribution < 1.29 is 31.1 Å². The van der Waals surface area contributed by atoms with E-state index in [4.69, 9.17) is 32.7 Å². The Balaban J connectivity index is 1.37. The van der Waals surface area contributed by atoms with Crippen molar-refractivity contribution in [3.63, 3.8) is 0 Å². The average molecular weight is 629 g/mol. The van der Waals surface area contributed by atoms with Gasteiger partial charge in [-0.2, -0.15) is 4.31 Å². The highest BCUT2D eigenvalue weighted by Gasteiger charge is 2.29. The summed E-state index contributed by atoms with van der Waals surface area (Å²) in [5.41, 5.74) is 0.0662. The molecule has 40 heavy (non-hydrogen) atoms. The summed E-state index contributed by atoms with van der Waals surface area (Å²) in [6.45, 7) is 0.884. The fourth-order valence-electron chi connectivity index (χ4n) is 3.89. The van der Waals surface area contributed by atoms with E-state index in [9.17, 15) is 21.6 Å². The number of carbonyl (C=O) groups excluding carboxylic acids is 1. The summed E-state index contributed by atoms with van der Waals surface area (Å²) in [6.07, 6.45) is 0. The Bertz CT molecular complexity index is 1530. The molecule has 1 fully saturated rings. The van der Waals surface area contributed by atoms with Gasteiger partial charge < -0.3 is 14.8 Å². The van der Waals surface area contributed by atoms with Crippen molar-refractivity contribution in [3.8, 4) is 5.75 Å². The van der Waals surface area contributed by atoms with E-state index in [2.05, 4.69) is 5.32 Å². The Morgan fingerprint density at radius 3 is 2.27 bits per heavy atom. The third-order valence-electron chi connectivity index (χ3n) is 5.92. The van der Waals surface area contributed by atoms with E-state index in [0.29, 0.717) is 32.1 Å². The van der Waals surface area contributed by atoms with Crippen molar-refractivity contribution in [2.75, 3.05) is 50.3 Å². The number of rotatable bonds is 11. The molecule has 1 aliphatic heterocycles. The summed E-state index contributed by atoms with van der Waals surface area (Å²) >= 11 is 12.4. The van der Waals surface area contributed by atoms with Gasteiger partial charge in [-0.05, 0) is 54.6 Å². The second-order valence-electron chi connectivity index (χ2n) is 8.61. The lowest BCUT2D eigenvalue weighted by atomic mass is 10.3. The molecule has 0 saturated carbocycles. The molecular weight excluding hydrogens is 601 g/mol. The molecule has 14 heteroatoms. The van der Waals surface area contributed by atoms with Crippen LogP contribution in [0, 0.1) is 0 Å². The molecule has 0 aliphatic carbocycles. The third kappa shape index (κ3) is 7.25. The Labute approximate surface area is 243 Å². The first kappa shape index (κ1) is 30.1. The minimum atomic E-state index is -4.15. The smallest absolute Gasteiger partial charge is 0.264 e. The lowest BCUT2D eigenvalue weighted by Crippen LogP contribution is -2.42. The molecule has 0 atom stereocenters. The average Bonchev–Trinajstić information content (AvgIpc) is 2.96. The van der Waals surface area contributed by atoms with Gasteiger partial charge in [-0.1, -0.05) is 41.4 Å². The molecular formula is C26H27Cl2N3O7S2. The summed E-state index contributed by atoms with van der Waals surface area (Å²) < 4.78 is 65.4. The zero-order valence-electron chi connectivity index (χ0n) is 21.2. The fourth-order valence-corrected chi connectivity index (χ4v) is 7.18. The van der Waals surface area contributed by atoms with Crippen LogP contribution in [0.15, 0.2) is 82.6 Å². The van der Waals surface area contributed by atoms with Gasteiger partial charge in [-0.3, -0.25) is 9.10 Å². The number of hydrogen-bond acceptors (Lipinski definition) is 7. The van der Waals surface area contributed by atoms with Gasteiger partial charge in [0.25, 0.3) is 10.0 Å². The molecule has 3 aromatic carbocycles. The first-order valence-corrected chi connectivity index (χ1v) is 15.8. The maximum absolute atomic E-state index is 13.4. The van der Waals surface area contributed by atoms with E-state index < -0.39 is 32.5 Å². The lowest BCUT2D eigenvalue weighted by molar-refractivity contribution is -0.119. The number of carbonyl (C=O) groups is 1. The minimum absolute atomic E-state index is 0.0127. The molecule has 1 N–H and O–H groups in total. The van der Waals surface area contributed by atoms with Crippen LogP contribution in [0.1, 0.15) is 0 Å². The molecule has 214 valence electrons. The second-order valence-corrected chi connectivity index (χ2v) is 13.3. The molecule has 4 rings (SSSR count). The summed E-state index contributed by atoms with van der Waals surface area (Å²) in [7, 11) is -7.77. The molecule has 0 radical (unpaired) electrons. The molecule has 10 nitrogen and oxygen atoms in total. The van der Waals surface area contributed by atoms with Gasteiger partial charge in [-0.25, -0.2) is 16.8 Å². The molecule has 1 heterocycles. The minimum Gasteiger partial charge on any atom is -0.492 e. The molecule has 3 aromatic rings. The van der Waals surface area contributed by atoms with Crippen LogP contribution in [-0.4, -0.2) is 73.0 Å². The summed E-state index contributed by atoms with van der Waals surface area (Å²) in [5, 5.41) is 2.99. The van der Waals surface area contributed by atoms with Gasteiger partial charge in [0, 0.05) is 18.1 Å². The number of anilines is 1. The van der Waals surface area contributed by atoms with Crippen molar-refractivity contribution in [2.45, 2.75) is 9.79 Å². The quantitative estimate of drug-likeness (QED) is 0.323. The maximum Gasteiger partial charge on any atom is 0.264 e. The van der Waals surface area contributed by atoms with Crippen molar-refractivity contribution in [1.29, 1.82) is 0 Å². The highest BCUT2D eigenvalue weighted by molar-refractivity contribution is 7.93. The molecule has 1 aliphatic rings. The molecule has 0 bridgehead atoms. The largest absolute Gasteiger partial charge is 0.492 e. The number of benzene rings is 3. The van der Waals surface area contributed by atoms with E-state index >= 15 is 0 Å². The third-order valence-corrected chi connectivity index (χ3v) is 10.2. The van der Waals surface area contributed by atoms with Crippen LogP contribution in [0.4, 0.5) is 5.69 Å². The van der Waals surface area contributed by atoms with E-state index in [1.807, 2.05) is 0 Å². The topological polar surface area (TPSA) is 122 Å². The first-order valence-electron chi connectivity index (χ1n) is 12.2. The van der Waals surface area contributed by atoms with Crippen LogP contribution in [0.5, 0.6) is 5.75 Å². The van der Waals surface area contributed by atoms with Crippen molar-refractivity contribution in [1.82, 2.24) is 9.62 Å². The lowest BCUT2D eigenvalue weighted by Gasteiger charge is -2.26. The molecule has 0 spiro atoms. The molecule has 1 amide bonds. The van der Waals surface area contributed by atoms with Crippen LogP contribution in [0.25, 0.3) is 0 Å². The predicted octanol–water partition coefficient (Wildman–Crippen LogP) is 3.40. The van der Waals surface area contributed by atoms with Gasteiger partial charge in [0.2, 0.25) is 15.9 Å². The number of nitrogens with one attached hydrogen (secondary N) is 1. The molecule has 0 unspecified atom stereocenters. The van der Waals surface area contributed by atoms with Crippen LogP contribution in [0.3, 0.4) is 0 Å². The summed E-state index contributed by atoms with van der Waals surface area (Å²) in [4.78, 5) is 12.9. The van der Waals surface area contributed by atoms with Gasteiger partial charge in [0.1, 0.15) is 18.9 Å². The van der Waals surface area contributed by atoms with Gasteiger partial charge in [0.15, 0.2) is 0 Å². The number of hydrogen-bond donors (Lipinski definition) is 1. The van der Waals surface area contributed by atoms with Crippen molar-refractivity contribution in [3.05, 3.63) is 82.8 Å². The Kier molecular flexibility index (Phi) is 9.93. The van der Waals surface area contributed by atoms with Gasteiger partial charge in [0.05, 0.1) is 40.3 Å². The number of sulfonamides is 2. The number of nitrogens with zero attached hydrogens (tertiary/aromatic N) is 2. The zero-order chi connectivity index (χ0) is 28.8. The number of morpholine rings is 1. The van der Waals surface area contributed by atoms with Crippen LogP contribution in [-0.2, 0) is 29.6 Å². The maximum atomic E-state index is 13.4. The molecule has 0 aromatic heterocycles. The monoisotopic (exact) mass is 627 g/mol. The normalized spacial score (nSPS) is 14.4. The van der Waals surface area contributed by atoms with E-state index in [-0.39, 0.29) is 38.7 Å². The fraction of sp³-hybridized carbons (Fsp3) is 0.269. The predicted molar refractivity (Wildman–Crippen MR) is 152 cm³/mol. The van der Waals surface area contributed by atoms with E-state index in [1.54, 1.807) is 18.2 Å². The Hall–Kier alpha value is -2.87. The van der Waals surface area contributed by atoms with Crippen LogP contribution in [0.2, 0.25) is 10.0 Å². The second kappa shape index (κ2) is 13.2.